The number of fused-ring (bicyclic) bond motifs is 2. The zero-order chi connectivity index (χ0) is 16.1. The Labute approximate surface area is 130 Å². The summed E-state index contributed by atoms with van der Waals surface area (Å²) in [5.74, 6) is 0.594. The van der Waals surface area contributed by atoms with Gasteiger partial charge in [-0.3, -0.25) is 0 Å². The molecule has 0 aromatic heterocycles. The lowest BCUT2D eigenvalue weighted by atomic mass is 9.62. The normalized spacial score (nSPS) is 40.7. The molecule has 3 nitrogen and oxygen atoms in total. The van der Waals surface area contributed by atoms with Crippen molar-refractivity contribution in [1.82, 2.24) is 4.90 Å². The van der Waals surface area contributed by atoms with Gasteiger partial charge in [0.25, 0.3) is 0 Å². The Hall–Kier alpha value is -0.120. The van der Waals surface area contributed by atoms with Crippen LogP contribution < -0.4 is 0 Å². The van der Waals surface area contributed by atoms with Crippen LogP contribution >= 0.6 is 0 Å². The van der Waals surface area contributed by atoms with E-state index in [2.05, 4.69) is 39.5 Å². The second-order valence-corrected chi connectivity index (χ2v) is 8.66. The molecule has 3 heteroatoms. The van der Waals surface area contributed by atoms with Gasteiger partial charge in [0.2, 0.25) is 0 Å². The Morgan fingerprint density at radius 1 is 1.19 bits per heavy atom. The van der Waals surface area contributed by atoms with E-state index in [1.54, 1.807) is 0 Å². The molecule has 0 saturated heterocycles. The van der Waals surface area contributed by atoms with Gasteiger partial charge < -0.3 is 15.1 Å². The highest BCUT2D eigenvalue weighted by atomic mass is 16.3. The molecule has 124 valence electrons. The molecule has 21 heavy (non-hydrogen) atoms. The number of rotatable bonds is 6. The first-order chi connectivity index (χ1) is 9.51. The summed E-state index contributed by atoms with van der Waals surface area (Å²) < 4.78 is 0. The molecule has 0 aliphatic heterocycles. The van der Waals surface area contributed by atoms with Crippen molar-refractivity contribution in [2.45, 2.75) is 78.4 Å². The Kier molecular flexibility index (Phi) is 4.28. The Balaban J connectivity index is 2.16. The molecule has 0 spiro atoms. The van der Waals surface area contributed by atoms with Gasteiger partial charge in [0.1, 0.15) is 0 Å². The average molecular weight is 297 g/mol. The van der Waals surface area contributed by atoms with Gasteiger partial charge in [-0.25, -0.2) is 0 Å². The Morgan fingerprint density at radius 2 is 1.76 bits per heavy atom. The Morgan fingerprint density at radius 3 is 2.14 bits per heavy atom. The monoisotopic (exact) mass is 297 g/mol. The van der Waals surface area contributed by atoms with Crippen molar-refractivity contribution in [1.29, 1.82) is 0 Å². The maximum Gasteiger partial charge on any atom is 0.0773 e. The molecule has 0 radical (unpaired) electrons. The molecule has 2 aliphatic carbocycles. The van der Waals surface area contributed by atoms with Gasteiger partial charge in [-0.2, -0.15) is 0 Å². The van der Waals surface area contributed by atoms with Crippen molar-refractivity contribution >= 4 is 0 Å². The fourth-order valence-electron chi connectivity index (χ4n) is 5.30. The molecule has 2 N–H and O–H groups in total. The lowest BCUT2D eigenvalue weighted by Gasteiger charge is -2.48. The highest BCUT2D eigenvalue weighted by Crippen LogP contribution is 2.70. The minimum atomic E-state index is -0.829. The highest BCUT2D eigenvalue weighted by molar-refractivity contribution is 5.18. The largest absolute Gasteiger partial charge is 0.389 e. The third kappa shape index (κ3) is 2.55. The van der Waals surface area contributed by atoms with Crippen LogP contribution in [0.25, 0.3) is 0 Å². The summed E-state index contributed by atoms with van der Waals surface area (Å²) in [5.41, 5.74) is -1.45. The van der Waals surface area contributed by atoms with Crippen LogP contribution in [0.15, 0.2) is 0 Å². The SMILES string of the molecule is CCN(CC)C[C@](C)(O)C[C@@]1(O)CC2CC[C@]1(C)C2(C)C. The number of nitrogens with zero attached hydrogens (tertiary/aromatic N) is 1. The first kappa shape index (κ1) is 17.2. The molecule has 0 heterocycles. The molecule has 0 aromatic rings. The molecule has 0 amide bonds. The zero-order valence-corrected chi connectivity index (χ0v) is 14.9. The van der Waals surface area contributed by atoms with Crippen LogP contribution in [-0.4, -0.2) is 45.9 Å². The molecule has 0 aromatic carbocycles. The fraction of sp³-hybridized carbons (Fsp3) is 1.00. The summed E-state index contributed by atoms with van der Waals surface area (Å²) in [6.07, 6.45) is 3.66. The maximum absolute atomic E-state index is 11.4. The average Bonchev–Trinajstić information content (AvgIpc) is 2.66. The van der Waals surface area contributed by atoms with E-state index in [1.165, 1.54) is 6.42 Å². The number of hydrogen-bond acceptors (Lipinski definition) is 3. The van der Waals surface area contributed by atoms with Crippen molar-refractivity contribution in [3.63, 3.8) is 0 Å². The first-order valence-corrected chi connectivity index (χ1v) is 8.68. The van der Waals surface area contributed by atoms with E-state index in [4.69, 9.17) is 0 Å². The van der Waals surface area contributed by atoms with E-state index in [9.17, 15) is 10.2 Å². The second kappa shape index (κ2) is 5.21. The maximum atomic E-state index is 11.4. The van der Waals surface area contributed by atoms with Crippen LogP contribution in [0.4, 0.5) is 0 Å². The van der Waals surface area contributed by atoms with Gasteiger partial charge in [-0.1, -0.05) is 34.6 Å². The molecular formula is C18H35NO2. The summed E-state index contributed by atoms with van der Waals surface area (Å²) in [7, 11) is 0. The van der Waals surface area contributed by atoms with Crippen molar-refractivity contribution in [2.24, 2.45) is 16.7 Å². The van der Waals surface area contributed by atoms with Crippen molar-refractivity contribution in [3.8, 4) is 0 Å². The van der Waals surface area contributed by atoms with Crippen LogP contribution in [0.1, 0.15) is 67.2 Å². The Bertz CT molecular complexity index is 389. The molecule has 2 saturated carbocycles. The number of aliphatic hydroxyl groups is 2. The summed E-state index contributed by atoms with van der Waals surface area (Å²) in [6, 6.07) is 0. The summed E-state index contributed by atoms with van der Waals surface area (Å²) in [6.45, 7) is 15.5. The smallest absolute Gasteiger partial charge is 0.0773 e. The predicted molar refractivity (Wildman–Crippen MR) is 87.2 cm³/mol. The van der Waals surface area contributed by atoms with E-state index in [0.29, 0.717) is 18.9 Å². The van der Waals surface area contributed by atoms with Gasteiger partial charge in [0.15, 0.2) is 0 Å². The van der Waals surface area contributed by atoms with Crippen molar-refractivity contribution < 1.29 is 10.2 Å². The molecule has 2 fully saturated rings. The molecule has 2 rings (SSSR count). The van der Waals surface area contributed by atoms with E-state index in [1.807, 2.05) is 6.92 Å². The van der Waals surface area contributed by atoms with E-state index in [0.717, 1.165) is 25.9 Å². The van der Waals surface area contributed by atoms with Gasteiger partial charge in [0, 0.05) is 18.4 Å². The molecule has 4 atom stereocenters. The predicted octanol–water partition coefficient (Wildman–Crippen LogP) is 3.05. The van der Waals surface area contributed by atoms with Crippen LogP contribution in [-0.2, 0) is 0 Å². The summed E-state index contributed by atoms with van der Waals surface area (Å²) in [4.78, 5) is 2.24. The van der Waals surface area contributed by atoms with Crippen LogP contribution in [0, 0.1) is 16.7 Å². The topological polar surface area (TPSA) is 43.7 Å². The van der Waals surface area contributed by atoms with Crippen molar-refractivity contribution in [3.05, 3.63) is 0 Å². The first-order valence-electron chi connectivity index (χ1n) is 8.68. The molecule has 1 unspecified atom stereocenters. The zero-order valence-electron chi connectivity index (χ0n) is 14.9. The van der Waals surface area contributed by atoms with Gasteiger partial charge in [-0.15, -0.1) is 0 Å². The van der Waals surface area contributed by atoms with Gasteiger partial charge >= 0.3 is 0 Å². The number of likely N-dealkylation sites (N-methyl/N-ethyl adjacent to an activating group) is 1. The minimum Gasteiger partial charge on any atom is -0.389 e. The van der Waals surface area contributed by atoms with Gasteiger partial charge in [0.05, 0.1) is 11.2 Å². The summed E-state index contributed by atoms with van der Waals surface area (Å²) >= 11 is 0. The van der Waals surface area contributed by atoms with Crippen molar-refractivity contribution in [2.75, 3.05) is 19.6 Å². The minimum absolute atomic E-state index is 0.0715. The molecule has 2 aliphatic rings. The van der Waals surface area contributed by atoms with E-state index < -0.39 is 11.2 Å². The quantitative estimate of drug-likeness (QED) is 0.792. The summed E-state index contributed by atoms with van der Waals surface area (Å²) in [5, 5.41) is 22.3. The molecule has 2 bridgehead atoms. The standard InChI is InChI=1S/C18H35NO2/c1-7-19(8-2)13-16(5,20)12-18(21)11-14-9-10-17(18,6)15(14,3)4/h14,20-21H,7-13H2,1-6H3/t14?,16-,17-,18+/m1/s1. The third-order valence-electron chi connectivity index (χ3n) is 7.18. The third-order valence-corrected chi connectivity index (χ3v) is 7.18. The fourth-order valence-corrected chi connectivity index (χ4v) is 5.30. The van der Waals surface area contributed by atoms with Gasteiger partial charge in [-0.05, 0) is 50.6 Å². The van der Waals surface area contributed by atoms with E-state index in [-0.39, 0.29) is 10.8 Å². The lowest BCUT2D eigenvalue weighted by molar-refractivity contribution is -0.139. The van der Waals surface area contributed by atoms with Crippen LogP contribution in [0.2, 0.25) is 0 Å². The van der Waals surface area contributed by atoms with Crippen LogP contribution in [0.3, 0.4) is 0 Å². The molecular weight excluding hydrogens is 262 g/mol. The second-order valence-electron chi connectivity index (χ2n) is 8.66. The number of hydrogen-bond donors (Lipinski definition) is 2. The van der Waals surface area contributed by atoms with E-state index >= 15 is 0 Å². The highest BCUT2D eigenvalue weighted by Gasteiger charge is 2.68. The van der Waals surface area contributed by atoms with Crippen LogP contribution in [0.5, 0.6) is 0 Å². The lowest BCUT2D eigenvalue weighted by Crippen LogP contribution is -2.54.